The first-order valence-electron chi connectivity index (χ1n) is 4.58. The lowest BCUT2D eigenvalue weighted by molar-refractivity contribution is -0.139. The number of pyridine rings is 1. The zero-order chi connectivity index (χ0) is 13.0. The molecule has 0 N–H and O–H groups in total. The number of carbonyl (C=O) groups excluding carboxylic acids is 1. The topological polar surface area (TPSA) is 39.2 Å². The minimum atomic E-state index is -2.81. The van der Waals surface area contributed by atoms with E-state index in [0.717, 1.165) is 13.3 Å². The third kappa shape index (κ3) is 3.18. The highest BCUT2D eigenvalue weighted by molar-refractivity contribution is 9.08. The molecule has 7 heteroatoms. The van der Waals surface area contributed by atoms with Gasteiger partial charge in [0.1, 0.15) is 5.82 Å². The lowest BCUT2D eigenvalue weighted by Crippen LogP contribution is -2.11. The van der Waals surface area contributed by atoms with Crippen LogP contribution < -0.4 is 0 Å². The predicted molar refractivity (Wildman–Crippen MR) is 57.5 cm³/mol. The summed E-state index contributed by atoms with van der Waals surface area (Å²) in [4.78, 5) is 14.5. The van der Waals surface area contributed by atoms with Crippen LogP contribution in [0.5, 0.6) is 0 Å². The van der Waals surface area contributed by atoms with E-state index >= 15 is 0 Å². The minimum absolute atomic E-state index is 0.0742. The maximum atomic E-state index is 13.8. The Balaban J connectivity index is 3.15. The summed E-state index contributed by atoms with van der Waals surface area (Å²) in [6.07, 6.45) is -2.31. The van der Waals surface area contributed by atoms with Crippen LogP contribution in [0.15, 0.2) is 6.20 Å². The number of ether oxygens (including phenoxy) is 1. The van der Waals surface area contributed by atoms with Crippen molar-refractivity contribution < 1.29 is 22.7 Å². The second-order valence-electron chi connectivity index (χ2n) is 3.14. The van der Waals surface area contributed by atoms with Gasteiger partial charge in [-0.25, -0.2) is 13.2 Å². The number of halogens is 4. The lowest BCUT2D eigenvalue weighted by atomic mass is 10.1. The van der Waals surface area contributed by atoms with Gasteiger partial charge in [-0.2, -0.15) is 0 Å². The summed E-state index contributed by atoms with van der Waals surface area (Å²) in [5, 5.41) is -0.0742. The van der Waals surface area contributed by atoms with Gasteiger partial charge in [-0.3, -0.25) is 9.78 Å². The molecule has 0 spiro atoms. The van der Waals surface area contributed by atoms with Crippen LogP contribution in [0.25, 0.3) is 0 Å². The second kappa shape index (κ2) is 6.00. The van der Waals surface area contributed by atoms with Crippen molar-refractivity contribution in [3.8, 4) is 0 Å². The van der Waals surface area contributed by atoms with Gasteiger partial charge in [0.25, 0.3) is 6.43 Å². The molecule has 0 saturated carbocycles. The smallest absolute Gasteiger partial charge is 0.311 e. The van der Waals surface area contributed by atoms with Crippen molar-refractivity contribution >= 4 is 21.9 Å². The fourth-order valence-electron chi connectivity index (χ4n) is 1.24. The van der Waals surface area contributed by atoms with E-state index < -0.39 is 23.8 Å². The predicted octanol–water partition coefficient (Wildman–Crippen LogP) is 2.77. The number of aromatic nitrogens is 1. The summed E-state index contributed by atoms with van der Waals surface area (Å²) in [6, 6.07) is 0. The van der Waals surface area contributed by atoms with Gasteiger partial charge in [0.2, 0.25) is 0 Å². The molecule has 0 aromatic carbocycles. The van der Waals surface area contributed by atoms with Crippen LogP contribution >= 0.6 is 15.9 Å². The Morgan fingerprint density at radius 2 is 2.24 bits per heavy atom. The number of alkyl halides is 3. The van der Waals surface area contributed by atoms with E-state index in [-0.39, 0.29) is 23.0 Å². The molecule has 1 rings (SSSR count). The number of nitrogens with zero attached hydrogens (tertiary/aromatic N) is 1. The fourth-order valence-corrected chi connectivity index (χ4v) is 1.81. The maximum Gasteiger partial charge on any atom is 0.311 e. The summed E-state index contributed by atoms with van der Waals surface area (Å²) < 4.78 is 43.2. The summed E-state index contributed by atoms with van der Waals surface area (Å²) in [6.45, 7) is 0. The van der Waals surface area contributed by atoms with E-state index in [1.54, 1.807) is 0 Å². The van der Waals surface area contributed by atoms with Crippen molar-refractivity contribution in [1.82, 2.24) is 4.98 Å². The molecule has 3 nitrogen and oxygen atoms in total. The van der Waals surface area contributed by atoms with Gasteiger partial charge in [0, 0.05) is 22.7 Å². The molecule has 0 fully saturated rings. The van der Waals surface area contributed by atoms with Crippen LogP contribution in [0.2, 0.25) is 0 Å². The molecule has 0 amide bonds. The largest absolute Gasteiger partial charge is 0.469 e. The first-order valence-corrected chi connectivity index (χ1v) is 5.70. The number of rotatable bonds is 4. The third-order valence-corrected chi connectivity index (χ3v) is 2.70. The van der Waals surface area contributed by atoms with Gasteiger partial charge in [-0.1, -0.05) is 15.9 Å². The molecule has 0 atom stereocenters. The maximum absolute atomic E-state index is 13.8. The Bertz CT molecular complexity index is 426. The second-order valence-corrected chi connectivity index (χ2v) is 3.70. The Hall–Kier alpha value is -1.11. The molecular formula is C10H9BrF3NO2. The summed E-state index contributed by atoms with van der Waals surface area (Å²) >= 11 is 2.93. The molecule has 0 saturated heterocycles. The van der Waals surface area contributed by atoms with E-state index in [2.05, 4.69) is 25.7 Å². The zero-order valence-corrected chi connectivity index (χ0v) is 10.4. The van der Waals surface area contributed by atoms with Crippen molar-refractivity contribution in [2.75, 3.05) is 7.11 Å². The molecule has 0 unspecified atom stereocenters. The van der Waals surface area contributed by atoms with Crippen molar-refractivity contribution in [1.29, 1.82) is 0 Å². The van der Waals surface area contributed by atoms with Gasteiger partial charge in [-0.15, -0.1) is 0 Å². The van der Waals surface area contributed by atoms with Crippen molar-refractivity contribution in [2.45, 2.75) is 18.2 Å². The van der Waals surface area contributed by atoms with Gasteiger partial charge in [0.15, 0.2) is 0 Å². The van der Waals surface area contributed by atoms with Gasteiger partial charge >= 0.3 is 5.97 Å². The van der Waals surface area contributed by atoms with Crippen molar-refractivity contribution in [3.05, 3.63) is 28.8 Å². The van der Waals surface area contributed by atoms with Gasteiger partial charge in [0.05, 0.1) is 19.2 Å². The van der Waals surface area contributed by atoms with Crippen LogP contribution in [-0.2, 0) is 21.3 Å². The van der Waals surface area contributed by atoms with E-state index in [1.807, 2.05) is 0 Å². The van der Waals surface area contributed by atoms with E-state index in [0.29, 0.717) is 0 Å². The lowest BCUT2D eigenvalue weighted by Gasteiger charge is -2.10. The molecule has 17 heavy (non-hydrogen) atoms. The average Bonchev–Trinajstić information content (AvgIpc) is 2.30. The Morgan fingerprint density at radius 1 is 1.59 bits per heavy atom. The van der Waals surface area contributed by atoms with E-state index in [4.69, 9.17) is 0 Å². The molecule has 0 aliphatic rings. The summed E-state index contributed by atoms with van der Waals surface area (Å²) in [7, 11) is 1.15. The molecule has 0 bridgehead atoms. The Labute approximate surface area is 104 Å². The van der Waals surface area contributed by atoms with Crippen molar-refractivity contribution in [3.63, 3.8) is 0 Å². The first kappa shape index (κ1) is 14.0. The fraction of sp³-hybridized carbons (Fsp3) is 0.400. The number of hydrogen-bond donors (Lipinski definition) is 0. The quantitative estimate of drug-likeness (QED) is 0.634. The van der Waals surface area contributed by atoms with E-state index in [9.17, 15) is 18.0 Å². The summed E-state index contributed by atoms with van der Waals surface area (Å²) in [5.41, 5.74) is -0.863. The highest BCUT2D eigenvalue weighted by Crippen LogP contribution is 2.27. The van der Waals surface area contributed by atoms with Crippen LogP contribution in [0.4, 0.5) is 13.2 Å². The van der Waals surface area contributed by atoms with Crippen LogP contribution in [0, 0.1) is 5.82 Å². The molecule has 1 heterocycles. The monoisotopic (exact) mass is 311 g/mol. The highest BCUT2D eigenvalue weighted by atomic mass is 79.9. The Morgan fingerprint density at radius 3 is 2.71 bits per heavy atom. The number of esters is 1. The first-order chi connectivity index (χ1) is 8.01. The summed E-state index contributed by atoms with van der Waals surface area (Å²) in [5.74, 6) is -1.58. The molecular weight excluding hydrogens is 303 g/mol. The van der Waals surface area contributed by atoms with Crippen LogP contribution in [0.1, 0.15) is 23.2 Å². The number of hydrogen-bond acceptors (Lipinski definition) is 3. The molecule has 0 radical (unpaired) electrons. The van der Waals surface area contributed by atoms with E-state index in [1.165, 1.54) is 0 Å². The standard InChI is InChI=1S/C10H9BrF3NO2/c1-17-8(16)2-7-9(12)5(3-11)6(4-15-7)10(13)14/h4,10H,2-3H2,1H3. The molecule has 0 aliphatic carbocycles. The van der Waals surface area contributed by atoms with Gasteiger partial charge in [-0.05, 0) is 0 Å². The SMILES string of the molecule is COC(=O)Cc1ncc(C(F)F)c(CBr)c1F. The number of methoxy groups -OCH3 is 1. The third-order valence-electron chi connectivity index (χ3n) is 2.13. The molecule has 1 aromatic heterocycles. The number of carbonyl (C=O) groups is 1. The van der Waals surface area contributed by atoms with Crippen molar-refractivity contribution in [2.24, 2.45) is 0 Å². The zero-order valence-electron chi connectivity index (χ0n) is 8.84. The van der Waals surface area contributed by atoms with Crippen LogP contribution in [0.3, 0.4) is 0 Å². The highest BCUT2D eigenvalue weighted by Gasteiger charge is 2.21. The Kier molecular flexibility index (Phi) is 4.92. The minimum Gasteiger partial charge on any atom is -0.469 e. The molecule has 94 valence electrons. The van der Waals surface area contributed by atoms with Gasteiger partial charge < -0.3 is 4.74 Å². The average molecular weight is 312 g/mol. The normalized spacial score (nSPS) is 10.7. The molecule has 0 aliphatic heterocycles. The molecule has 1 aromatic rings. The van der Waals surface area contributed by atoms with Crippen LogP contribution in [-0.4, -0.2) is 18.1 Å².